The Morgan fingerprint density at radius 3 is 2.16 bits per heavy atom. The third-order valence-electron chi connectivity index (χ3n) is 4.47. The van der Waals surface area contributed by atoms with E-state index in [1.165, 1.54) is 12.1 Å². The highest BCUT2D eigenvalue weighted by molar-refractivity contribution is 6.42. The Labute approximate surface area is 185 Å². The minimum atomic E-state index is -4.65. The average Bonchev–Trinajstić information content (AvgIpc) is 2.75. The van der Waals surface area contributed by atoms with Crippen molar-refractivity contribution in [1.29, 1.82) is 0 Å². The summed E-state index contributed by atoms with van der Waals surface area (Å²) in [6.45, 7) is 0. The van der Waals surface area contributed by atoms with Crippen LogP contribution in [0.25, 0.3) is 33.8 Å². The molecule has 0 aliphatic carbocycles. The van der Waals surface area contributed by atoms with Gasteiger partial charge in [-0.2, -0.15) is 13.2 Å². The topological polar surface area (TPSA) is 64.7 Å². The van der Waals surface area contributed by atoms with Crippen LogP contribution >= 0.6 is 23.2 Å². The van der Waals surface area contributed by atoms with E-state index < -0.39 is 11.9 Å². The molecule has 2 aromatic heterocycles. The van der Waals surface area contributed by atoms with Gasteiger partial charge in [0.15, 0.2) is 5.82 Å². The van der Waals surface area contributed by atoms with Gasteiger partial charge in [-0.05, 0) is 42.0 Å². The Hall–Kier alpha value is -3.16. The summed E-state index contributed by atoms with van der Waals surface area (Å²) in [7, 11) is 0. The van der Waals surface area contributed by atoms with E-state index in [1.807, 2.05) is 6.07 Å². The molecule has 4 nitrogen and oxygen atoms in total. The van der Waals surface area contributed by atoms with Crippen molar-refractivity contribution < 1.29 is 13.2 Å². The largest absolute Gasteiger partial charge is 0.433 e. The molecule has 0 aliphatic rings. The van der Waals surface area contributed by atoms with E-state index in [4.69, 9.17) is 28.9 Å². The summed E-state index contributed by atoms with van der Waals surface area (Å²) in [5.74, 6) is 0.300. The fourth-order valence-corrected chi connectivity index (χ4v) is 3.24. The smallest absolute Gasteiger partial charge is 0.384 e. The van der Waals surface area contributed by atoms with Gasteiger partial charge in [-0.15, -0.1) is 0 Å². The molecule has 4 aromatic rings. The van der Waals surface area contributed by atoms with Crippen LogP contribution in [-0.2, 0) is 6.18 Å². The van der Waals surface area contributed by atoms with Crippen LogP contribution in [0.4, 0.5) is 19.0 Å². The van der Waals surface area contributed by atoms with Crippen molar-refractivity contribution in [2.75, 3.05) is 5.73 Å². The summed E-state index contributed by atoms with van der Waals surface area (Å²) < 4.78 is 40.6. The summed E-state index contributed by atoms with van der Waals surface area (Å²) in [5.41, 5.74) is 6.95. The van der Waals surface area contributed by atoms with Gasteiger partial charge in [-0.25, -0.2) is 15.0 Å². The van der Waals surface area contributed by atoms with E-state index in [2.05, 4.69) is 15.0 Å². The van der Waals surface area contributed by atoms with E-state index in [0.29, 0.717) is 22.0 Å². The molecule has 9 heteroatoms. The molecule has 0 saturated carbocycles. The SMILES string of the molecule is Nc1ccc(-c2cccc(-c3nc(-c4ccc(Cl)c(Cl)c4)cc(C(F)(F)F)n3)c2)cn1. The first-order valence-corrected chi connectivity index (χ1v) is 9.70. The van der Waals surface area contributed by atoms with Crippen molar-refractivity contribution in [1.82, 2.24) is 15.0 Å². The summed E-state index contributed by atoms with van der Waals surface area (Å²) in [5, 5.41) is 0.506. The first kappa shape index (κ1) is 21.1. The molecular weight excluding hydrogens is 448 g/mol. The van der Waals surface area contributed by atoms with Crippen LogP contribution in [0.1, 0.15) is 5.69 Å². The predicted molar refractivity (Wildman–Crippen MR) is 116 cm³/mol. The maximum Gasteiger partial charge on any atom is 0.433 e. The number of aromatic nitrogens is 3. The van der Waals surface area contributed by atoms with Crippen LogP contribution in [0.5, 0.6) is 0 Å². The van der Waals surface area contributed by atoms with Crippen LogP contribution < -0.4 is 5.73 Å². The van der Waals surface area contributed by atoms with E-state index in [1.54, 1.807) is 42.6 Å². The van der Waals surface area contributed by atoms with E-state index in [0.717, 1.165) is 17.2 Å². The Balaban J connectivity index is 1.85. The van der Waals surface area contributed by atoms with E-state index in [9.17, 15) is 13.2 Å². The minimum absolute atomic E-state index is 0.0684. The fraction of sp³-hybridized carbons (Fsp3) is 0.0455. The summed E-state index contributed by atoms with van der Waals surface area (Å²) in [6, 6.07) is 15.7. The average molecular weight is 461 g/mol. The molecule has 0 unspecified atom stereocenters. The second-order valence-corrected chi connectivity index (χ2v) is 7.46. The first-order valence-electron chi connectivity index (χ1n) is 8.95. The number of pyridine rings is 1. The quantitative estimate of drug-likeness (QED) is 0.365. The number of benzene rings is 2. The zero-order chi connectivity index (χ0) is 22.2. The highest BCUT2D eigenvalue weighted by atomic mass is 35.5. The predicted octanol–water partition coefficient (Wildman–Crippen LogP) is 6.78. The molecule has 0 amide bonds. The van der Waals surface area contributed by atoms with E-state index >= 15 is 0 Å². The first-order chi connectivity index (χ1) is 14.7. The number of anilines is 1. The highest BCUT2D eigenvalue weighted by Crippen LogP contribution is 2.34. The van der Waals surface area contributed by atoms with Gasteiger partial charge >= 0.3 is 6.18 Å². The molecule has 31 heavy (non-hydrogen) atoms. The number of nitrogens with zero attached hydrogens (tertiary/aromatic N) is 3. The van der Waals surface area contributed by atoms with Crippen LogP contribution in [0, 0.1) is 0 Å². The third kappa shape index (κ3) is 4.62. The van der Waals surface area contributed by atoms with Crippen molar-refractivity contribution in [3.63, 3.8) is 0 Å². The molecule has 0 atom stereocenters. The molecule has 0 fully saturated rings. The Kier molecular flexibility index (Phi) is 5.56. The molecule has 0 aliphatic heterocycles. The van der Waals surface area contributed by atoms with Crippen LogP contribution in [0.15, 0.2) is 66.9 Å². The summed E-state index contributed by atoms with van der Waals surface area (Å²) in [4.78, 5) is 12.2. The van der Waals surface area contributed by atoms with Crippen molar-refractivity contribution in [3.05, 3.63) is 82.6 Å². The van der Waals surface area contributed by atoms with Gasteiger partial charge in [0.05, 0.1) is 15.7 Å². The molecule has 0 saturated heterocycles. The van der Waals surface area contributed by atoms with Gasteiger partial charge in [0.1, 0.15) is 11.5 Å². The molecule has 2 aromatic carbocycles. The monoisotopic (exact) mass is 460 g/mol. The molecule has 2 N–H and O–H groups in total. The molecular formula is C22H13Cl2F3N4. The highest BCUT2D eigenvalue weighted by Gasteiger charge is 2.34. The van der Waals surface area contributed by atoms with Crippen LogP contribution in [0.3, 0.4) is 0 Å². The lowest BCUT2D eigenvalue weighted by molar-refractivity contribution is -0.141. The molecule has 0 radical (unpaired) electrons. The Morgan fingerprint density at radius 1 is 0.742 bits per heavy atom. The Morgan fingerprint density at radius 2 is 1.48 bits per heavy atom. The number of alkyl halides is 3. The Bertz CT molecular complexity index is 1260. The number of hydrogen-bond acceptors (Lipinski definition) is 4. The maximum absolute atomic E-state index is 13.5. The zero-order valence-electron chi connectivity index (χ0n) is 15.7. The number of halogens is 5. The number of rotatable bonds is 3. The normalized spacial score (nSPS) is 11.5. The van der Waals surface area contributed by atoms with Gasteiger partial charge in [-0.3, -0.25) is 0 Å². The third-order valence-corrected chi connectivity index (χ3v) is 5.21. The van der Waals surface area contributed by atoms with Gasteiger partial charge in [0.2, 0.25) is 0 Å². The number of nitrogens with two attached hydrogens (primary N) is 1. The van der Waals surface area contributed by atoms with Crippen LogP contribution in [-0.4, -0.2) is 15.0 Å². The second-order valence-electron chi connectivity index (χ2n) is 6.64. The molecule has 4 rings (SSSR count). The number of nitrogen functional groups attached to an aromatic ring is 1. The molecule has 2 heterocycles. The standard InChI is InChI=1S/C22H13Cl2F3N4/c23-16-6-4-13(9-17(16)24)18-10-19(22(25,26)27)31-21(30-18)14-3-1-2-12(8-14)15-5-7-20(28)29-11-15/h1-11H,(H2,28,29). The fourth-order valence-electron chi connectivity index (χ4n) is 2.94. The van der Waals surface area contributed by atoms with Gasteiger partial charge in [0.25, 0.3) is 0 Å². The van der Waals surface area contributed by atoms with Crippen molar-refractivity contribution in [2.45, 2.75) is 6.18 Å². The summed E-state index contributed by atoms with van der Waals surface area (Å²) >= 11 is 12.0. The lowest BCUT2D eigenvalue weighted by Crippen LogP contribution is -2.10. The van der Waals surface area contributed by atoms with Crippen molar-refractivity contribution >= 4 is 29.0 Å². The second kappa shape index (κ2) is 8.17. The van der Waals surface area contributed by atoms with Gasteiger partial charge in [-0.1, -0.05) is 47.5 Å². The van der Waals surface area contributed by atoms with Crippen LogP contribution in [0.2, 0.25) is 10.0 Å². The van der Waals surface area contributed by atoms with Gasteiger partial charge in [0, 0.05) is 22.9 Å². The maximum atomic E-state index is 13.5. The van der Waals surface area contributed by atoms with E-state index in [-0.39, 0.29) is 16.5 Å². The molecule has 0 spiro atoms. The lowest BCUT2D eigenvalue weighted by atomic mass is 10.0. The number of hydrogen-bond donors (Lipinski definition) is 1. The van der Waals surface area contributed by atoms with Crippen molar-refractivity contribution in [2.24, 2.45) is 0 Å². The molecule has 156 valence electrons. The lowest BCUT2D eigenvalue weighted by Gasteiger charge is -2.12. The van der Waals surface area contributed by atoms with Gasteiger partial charge < -0.3 is 5.73 Å². The molecule has 0 bridgehead atoms. The minimum Gasteiger partial charge on any atom is -0.384 e. The zero-order valence-corrected chi connectivity index (χ0v) is 17.2. The van der Waals surface area contributed by atoms with Crippen molar-refractivity contribution in [3.8, 4) is 33.8 Å². The summed E-state index contributed by atoms with van der Waals surface area (Å²) in [6.07, 6.45) is -3.07.